The molecule has 1 aromatic heterocycles. The van der Waals surface area contributed by atoms with Gasteiger partial charge in [0.1, 0.15) is 0 Å². The van der Waals surface area contributed by atoms with Crippen LogP contribution in [0.2, 0.25) is 0 Å². The summed E-state index contributed by atoms with van der Waals surface area (Å²) >= 11 is 0. The van der Waals surface area contributed by atoms with Crippen LogP contribution >= 0.6 is 0 Å². The minimum absolute atomic E-state index is 0.725. The molecule has 3 atom stereocenters. The lowest BCUT2D eigenvalue weighted by Gasteiger charge is -2.19. The van der Waals surface area contributed by atoms with E-state index in [1.54, 1.807) is 0 Å². The van der Waals surface area contributed by atoms with Gasteiger partial charge in [-0.3, -0.25) is 4.68 Å². The Morgan fingerprint density at radius 2 is 2.25 bits per heavy atom. The first-order valence-electron chi connectivity index (χ1n) is 6.38. The fourth-order valence-corrected chi connectivity index (χ4v) is 2.68. The van der Waals surface area contributed by atoms with Crippen molar-refractivity contribution < 1.29 is 0 Å². The molecular weight excluding hydrogens is 198 g/mol. The summed E-state index contributed by atoms with van der Waals surface area (Å²) in [5.74, 6) is 1.71. The first kappa shape index (κ1) is 11.6. The van der Waals surface area contributed by atoms with Crippen molar-refractivity contribution >= 4 is 0 Å². The van der Waals surface area contributed by atoms with Crippen molar-refractivity contribution in [1.82, 2.24) is 15.1 Å². The summed E-state index contributed by atoms with van der Waals surface area (Å²) in [7, 11) is 2.01. The quantitative estimate of drug-likeness (QED) is 0.842. The topological polar surface area (TPSA) is 29.9 Å². The molecule has 1 aromatic rings. The predicted molar refractivity (Wildman–Crippen MR) is 66.3 cm³/mol. The van der Waals surface area contributed by atoms with Crippen molar-refractivity contribution in [2.45, 2.75) is 39.2 Å². The monoisotopic (exact) mass is 221 g/mol. The van der Waals surface area contributed by atoms with Crippen molar-refractivity contribution in [2.75, 3.05) is 6.54 Å². The van der Waals surface area contributed by atoms with E-state index in [1.807, 2.05) is 17.9 Å². The molecule has 3 heteroatoms. The molecule has 16 heavy (non-hydrogen) atoms. The standard InChI is InChI=1S/C13H23N3/c1-10-4-5-13(11(10)2)14-8-6-12-7-9-15-16(12)3/h7,9-11,13-14H,4-6,8H2,1-3H3. The van der Waals surface area contributed by atoms with Crippen LogP contribution in [-0.4, -0.2) is 22.4 Å². The molecule has 0 spiro atoms. The Morgan fingerprint density at radius 1 is 1.44 bits per heavy atom. The molecule has 90 valence electrons. The van der Waals surface area contributed by atoms with Gasteiger partial charge in [-0.25, -0.2) is 0 Å². The van der Waals surface area contributed by atoms with Gasteiger partial charge in [-0.05, 0) is 30.7 Å². The summed E-state index contributed by atoms with van der Waals surface area (Å²) in [6.07, 6.45) is 5.67. The molecular formula is C13H23N3. The third kappa shape index (κ3) is 2.46. The smallest absolute Gasteiger partial charge is 0.0492 e. The molecule has 1 saturated carbocycles. The first-order valence-corrected chi connectivity index (χ1v) is 6.38. The molecule has 0 aromatic carbocycles. The molecule has 3 unspecified atom stereocenters. The molecule has 0 amide bonds. The van der Waals surface area contributed by atoms with E-state index >= 15 is 0 Å². The van der Waals surface area contributed by atoms with E-state index in [0.29, 0.717) is 0 Å². The van der Waals surface area contributed by atoms with Crippen molar-refractivity contribution in [1.29, 1.82) is 0 Å². The largest absolute Gasteiger partial charge is 0.313 e. The van der Waals surface area contributed by atoms with Gasteiger partial charge in [0.25, 0.3) is 0 Å². The third-order valence-corrected chi connectivity index (χ3v) is 4.18. The van der Waals surface area contributed by atoms with E-state index in [9.17, 15) is 0 Å². The van der Waals surface area contributed by atoms with Gasteiger partial charge in [-0.2, -0.15) is 5.10 Å². The average molecular weight is 221 g/mol. The summed E-state index contributed by atoms with van der Waals surface area (Å²) < 4.78 is 1.96. The lowest BCUT2D eigenvalue weighted by atomic mass is 9.98. The number of aromatic nitrogens is 2. The van der Waals surface area contributed by atoms with E-state index in [4.69, 9.17) is 0 Å². The number of hydrogen-bond donors (Lipinski definition) is 1. The second-order valence-corrected chi connectivity index (χ2v) is 5.17. The zero-order chi connectivity index (χ0) is 11.5. The molecule has 1 aliphatic rings. The minimum Gasteiger partial charge on any atom is -0.313 e. The highest BCUT2D eigenvalue weighted by Crippen LogP contribution is 2.30. The van der Waals surface area contributed by atoms with Gasteiger partial charge in [0, 0.05) is 37.9 Å². The summed E-state index contributed by atoms with van der Waals surface area (Å²) in [4.78, 5) is 0. The Morgan fingerprint density at radius 3 is 2.81 bits per heavy atom. The van der Waals surface area contributed by atoms with Gasteiger partial charge in [0.05, 0.1) is 0 Å². The van der Waals surface area contributed by atoms with Crippen LogP contribution in [0.5, 0.6) is 0 Å². The summed E-state index contributed by atoms with van der Waals surface area (Å²) in [6, 6.07) is 2.82. The first-order chi connectivity index (χ1) is 7.68. The normalized spacial score (nSPS) is 29.8. The number of nitrogens with zero attached hydrogens (tertiary/aromatic N) is 2. The maximum atomic E-state index is 4.18. The van der Waals surface area contributed by atoms with Gasteiger partial charge in [-0.15, -0.1) is 0 Å². The van der Waals surface area contributed by atoms with Crippen LogP contribution in [0.1, 0.15) is 32.4 Å². The molecule has 0 saturated heterocycles. The van der Waals surface area contributed by atoms with E-state index in [0.717, 1.165) is 30.8 Å². The second-order valence-electron chi connectivity index (χ2n) is 5.17. The van der Waals surface area contributed by atoms with Crippen molar-refractivity contribution in [3.8, 4) is 0 Å². The number of nitrogens with one attached hydrogen (secondary N) is 1. The Hall–Kier alpha value is -0.830. The van der Waals surface area contributed by atoms with Gasteiger partial charge < -0.3 is 5.32 Å². The molecule has 1 heterocycles. The average Bonchev–Trinajstić information content (AvgIpc) is 2.80. The molecule has 1 fully saturated rings. The number of hydrogen-bond acceptors (Lipinski definition) is 2. The maximum absolute atomic E-state index is 4.18. The second kappa shape index (κ2) is 5.00. The Labute approximate surface area is 98.2 Å². The molecule has 0 radical (unpaired) electrons. The maximum Gasteiger partial charge on any atom is 0.0492 e. The van der Waals surface area contributed by atoms with Crippen LogP contribution in [0.25, 0.3) is 0 Å². The lowest BCUT2D eigenvalue weighted by molar-refractivity contribution is 0.371. The zero-order valence-electron chi connectivity index (χ0n) is 10.6. The predicted octanol–water partition coefficient (Wildman–Crippen LogP) is 1.99. The summed E-state index contributed by atoms with van der Waals surface area (Å²) in [5, 5.41) is 7.87. The summed E-state index contributed by atoms with van der Waals surface area (Å²) in [5.41, 5.74) is 1.31. The zero-order valence-corrected chi connectivity index (χ0v) is 10.6. The van der Waals surface area contributed by atoms with Crippen LogP contribution in [0.15, 0.2) is 12.3 Å². The summed E-state index contributed by atoms with van der Waals surface area (Å²) in [6.45, 7) is 5.81. The van der Waals surface area contributed by atoms with E-state index < -0.39 is 0 Å². The molecule has 0 aliphatic heterocycles. The van der Waals surface area contributed by atoms with E-state index in [2.05, 4.69) is 30.3 Å². The SMILES string of the molecule is CC1CCC(NCCc2ccnn2C)C1C. The van der Waals surface area contributed by atoms with Crippen LogP contribution in [0.3, 0.4) is 0 Å². The molecule has 1 N–H and O–H groups in total. The molecule has 1 aliphatic carbocycles. The van der Waals surface area contributed by atoms with Crippen molar-refractivity contribution in [3.63, 3.8) is 0 Å². The molecule has 3 nitrogen and oxygen atoms in total. The Kier molecular flexibility index (Phi) is 3.64. The Bertz CT molecular complexity index is 332. The van der Waals surface area contributed by atoms with Crippen LogP contribution in [0.4, 0.5) is 0 Å². The molecule has 0 bridgehead atoms. The van der Waals surface area contributed by atoms with Crippen LogP contribution < -0.4 is 5.32 Å². The van der Waals surface area contributed by atoms with E-state index in [1.165, 1.54) is 18.5 Å². The minimum atomic E-state index is 0.725. The highest BCUT2D eigenvalue weighted by molar-refractivity contribution is 5.00. The van der Waals surface area contributed by atoms with Crippen molar-refractivity contribution in [3.05, 3.63) is 18.0 Å². The van der Waals surface area contributed by atoms with E-state index in [-0.39, 0.29) is 0 Å². The van der Waals surface area contributed by atoms with Crippen molar-refractivity contribution in [2.24, 2.45) is 18.9 Å². The fraction of sp³-hybridized carbons (Fsp3) is 0.769. The number of aryl methyl sites for hydroxylation is 1. The Balaban J connectivity index is 1.75. The van der Waals surface area contributed by atoms with Gasteiger partial charge in [-0.1, -0.05) is 13.8 Å². The lowest BCUT2D eigenvalue weighted by Crippen LogP contribution is -2.34. The highest BCUT2D eigenvalue weighted by atomic mass is 15.3. The third-order valence-electron chi connectivity index (χ3n) is 4.18. The van der Waals surface area contributed by atoms with Gasteiger partial charge in [0.15, 0.2) is 0 Å². The van der Waals surface area contributed by atoms with Crippen LogP contribution in [0, 0.1) is 11.8 Å². The fourth-order valence-electron chi connectivity index (χ4n) is 2.68. The molecule has 2 rings (SSSR count). The van der Waals surface area contributed by atoms with Crippen LogP contribution in [-0.2, 0) is 13.5 Å². The van der Waals surface area contributed by atoms with Gasteiger partial charge in [0.2, 0.25) is 0 Å². The highest BCUT2D eigenvalue weighted by Gasteiger charge is 2.28. The number of rotatable bonds is 4. The van der Waals surface area contributed by atoms with Gasteiger partial charge >= 0.3 is 0 Å².